The second kappa shape index (κ2) is 12.5. The van der Waals surface area contributed by atoms with Gasteiger partial charge in [-0.2, -0.15) is 0 Å². The summed E-state index contributed by atoms with van der Waals surface area (Å²) in [6, 6.07) is 11.2. The predicted octanol–water partition coefficient (Wildman–Crippen LogP) is 5.40. The Bertz CT molecular complexity index is 1260. The lowest BCUT2D eigenvalue weighted by Crippen LogP contribution is -1.99. The Labute approximate surface area is 215 Å². The quantitative estimate of drug-likeness (QED) is 0.232. The van der Waals surface area contributed by atoms with Gasteiger partial charge in [0, 0.05) is 11.8 Å². The Morgan fingerprint density at radius 3 is 1.97 bits per heavy atom. The van der Waals surface area contributed by atoms with Crippen LogP contribution in [0, 0.1) is 5.82 Å². The Hall–Kier alpha value is -4.37. The van der Waals surface area contributed by atoms with Crippen LogP contribution in [0.2, 0.25) is 0 Å². The van der Waals surface area contributed by atoms with Crippen LogP contribution in [0.3, 0.4) is 0 Å². The normalized spacial score (nSPS) is 12.0. The van der Waals surface area contributed by atoms with E-state index in [2.05, 4.69) is 5.32 Å². The van der Waals surface area contributed by atoms with E-state index < -0.39 is 11.9 Å². The molecule has 3 aromatic rings. The largest absolute Gasteiger partial charge is 0.503 e. The highest BCUT2D eigenvalue weighted by atomic mass is 19.1. The molecule has 3 aromatic carbocycles. The lowest BCUT2D eigenvalue weighted by Gasteiger charge is -2.14. The lowest BCUT2D eigenvalue weighted by atomic mass is 10.1. The maximum atomic E-state index is 14.0. The maximum Gasteiger partial charge on any atom is 0.203 e. The summed E-state index contributed by atoms with van der Waals surface area (Å²) in [7, 11) is 7.42. The van der Waals surface area contributed by atoms with Gasteiger partial charge in [-0.25, -0.2) is 4.39 Å². The van der Waals surface area contributed by atoms with Crippen molar-refractivity contribution in [2.45, 2.75) is 6.10 Å². The molecule has 0 unspecified atom stereocenters. The van der Waals surface area contributed by atoms with Gasteiger partial charge in [-0.1, -0.05) is 18.2 Å². The van der Waals surface area contributed by atoms with Crippen molar-refractivity contribution in [3.05, 3.63) is 77.2 Å². The van der Waals surface area contributed by atoms with Crippen molar-refractivity contribution >= 4 is 17.8 Å². The zero-order chi connectivity index (χ0) is 26.9. The summed E-state index contributed by atoms with van der Waals surface area (Å²) in [4.78, 5) is 0. The van der Waals surface area contributed by atoms with Gasteiger partial charge in [0.05, 0.1) is 47.3 Å². The highest BCUT2D eigenvalue weighted by Crippen LogP contribution is 2.40. The molecule has 0 aliphatic heterocycles. The standard InChI is InChI=1S/C28H30FNO7/c1-33-22-10-9-19(16-20(22)29)21(31)12-13-30-26-18(8-11-23(34-2)27(26)32)7-6-17-14-24(35-3)28(37-5)25(15-17)36-4/h6-16,21,30-32H,1-5H3/b7-6-,13-12-/t21-/m1/s1. The molecule has 8 nitrogen and oxygen atoms in total. The van der Waals surface area contributed by atoms with Crippen LogP contribution in [0.25, 0.3) is 12.2 Å². The second-order valence-electron chi connectivity index (χ2n) is 7.71. The number of hydrogen-bond acceptors (Lipinski definition) is 8. The number of benzene rings is 3. The molecule has 0 saturated heterocycles. The Morgan fingerprint density at radius 2 is 1.41 bits per heavy atom. The first-order valence-corrected chi connectivity index (χ1v) is 11.2. The zero-order valence-electron chi connectivity index (χ0n) is 21.2. The highest BCUT2D eigenvalue weighted by Gasteiger charge is 2.14. The molecule has 3 N–H and O–H groups in total. The summed E-state index contributed by atoms with van der Waals surface area (Å²) in [6.07, 6.45) is 5.38. The van der Waals surface area contributed by atoms with Crippen LogP contribution in [-0.2, 0) is 0 Å². The molecular weight excluding hydrogens is 481 g/mol. The summed E-state index contributed by atoms with van der Waals surface area (Å²) in [5.74, 6) is 1.14. The van der Waals surface area contributed by atoms with Gasteiger partial charge in [-0.05, 0) is 53.6 Å². The Balaban J connectivity index is 1.89. The average molecular weight is 512 g/mol. The maximum absolute atomic E-state index is 14.0. The minimum absolute atomic E-state index is 0.0860. The van der Waals surface area contributed by atoms with Crippen molar-refractivity contribution in [2.24, 2.45) is 0 Å². The number of ether oxygens (including phenoxy) is 5. The van der Waals surface area contributed by atoms with Gasteiger partial charge in [0.25, 0.3) is 0 Å². The van der Waals surface area contributed by atoms with Gasteiger partial charge in [0.2, 0.25) is 5.75 Å². The molecule has 1 atom stereocenters. The molecule has 0 fully saturated rings. The van der Waals surface area contributed by atoms with Crippen LogP contribution < -0.4 is 29.0 Å². The van der Waals surface area contributed by atoms with Crippen LogP contribution in [0.1, 0.15) is 22.8 Å². The minimum atomic E-state index is -1.10. The van der Waals surface area contributed by atoms with Crippen molar-refractivity contribution in [1.29, 1.82) is 0 Å². The molecule has 0 heterocycles. The van der Waals surface area contributed by atoms with E-state index in [9.17, 15) is 14.6 Å². The molecular formula is C28H30FNO7. The van der Waals surface area contributed by atoms with E-state index >= 15 is 0 Å². The van der Waals surface area contributed by atoms with E-state index in [1.165, 1.54) is 60.0 Å². The zero-order valence-corrected chi connectivity index (χ0v) is 21.2. The monoisotopic (exact) mass is 511 g/mol. The summed E-state index contributed by atoms with van der Waals surface area (Å²) in [5, 5.41) is 24.2. The third kappa shape index (κ3) is 6.25. The number of aliphatic hydroxyl groups is 1. The smallest absolute Gasteiger partial charge is 0.203 e. The topological polar surface area (TPSA) is 98.6 Å². The van der Waals surface area contributed by atoms with E-state index in [1.54, 1.807) is 36.4 Å². The average Bonchev–Trinajstić information content (AvgIpc) is 2.92. The molecule has 0 radical (unpaired) electrons. The summed E-state index contributed by atoms with van der Waals surface area (Å²) >= 11 is 0. The number of phenolic OH excluding ortho intramolecular Hbond substituents is 1. The fourth-order valence-electron chi connectivity index (χ4n) is 3.63. The third-order valence-corrected chi connectivity index (χ3v) is 5.56. The number of hydrogen-bond donors (Lipinski definition) is 3. The molecule has 37 heavy (non-hydrogen) atoms. The Kier molecular flexibility index (Phi) is 9.23. The number of aromatic hydroxyl groups is 1. The molecule has 0 aliphatic rings. The van der Waals surface area contributed by atoms with Crippen molar-refractivity contribution in [3.63, 3.8) is 0 Å². The van der Waals surface area contributed by atoms with Crippen molar-refractivity contribution in [2.75, 3.05) is 40.9 Å². The molecule has 9 heteroatoms. The van der Waals surface area contributed by atoms with E-state index in [0.29, 0.717) is 34.1 Å². The first kappa shape index (κ1) is 27.2. The van der Waals surface area contributed by atoms with Gasteiger partial charge >= 0.3 is 0 Å². The molecule has 0 saturated carbocycles. The van der Waals surface area contributed by atoms with Crippen LogP contribution >= 0.6 is 0 Å². The van der Waals surface area contributed by atoms with Crippen LogP contribution in [0.4, 0.5) is 10.1 Å². The SMILES string of the molecule is COc1ccc([C@H](O)/C=C\Nc2c(/C=C\c3cc(OC)c(OC)c(OC)c3)ccc(OC)c2O)cc1F. The van der Waals surface area contributed by atoms with Gasteiger partial charge in [-0.15, -0.1) is 0 Å². The number of aliphatic hydroxyl groups excluding tert-OH is 1. The van der Waals surface area contributed by atoms with Gasteiger partial charge in [-0.3, -0.25) is 0 Å². The van der Waals surface area contributed by atoms with Gasteiger partial charge in [0.15, 0.2) is 34.6 Å². The summed E-state index contributed by atoms with van der Waals surface area (Å²) in [6.45, 7) is 0. The lowest BCUT2D eigenvalue weighted by molar-refractivity contribution is 0.227. The number of rotatable bonds is 11. The van der Waals surface area contributed by atoms with Crippen molar-refractivity contribution in [3.8, 4) is 34.5 Å². The first-order valence-electron chi connectivity index (χ1n) is 11.2. The van der Waals surface area contributed by atoms with Crippen molar-refractivity contribution in [1.82, 2.24) is 0 Å². The molecule has 0 bridgehead atoms. The molecule has 0 aliphatic carbocycles. The van der Waals surface area contributed by atoms with Crippen molar-refractivity contribution < 1.29 is 38.3 Å². The predicted molar refractivity (Wildman–Crippen MR) is 140 cm³/mol. The van der Waals surface area contributed by atoms with E-state index in [-0.39, 0.29) is 17.2 Å². The summed E-state index contributed by atoms with van der Waals surface area (Å²) < 4.78 is 40.3. The van der Waals surface area contributed by atoms with E-state index in [4.69, 9.17) is 23.7 Å². The van der Waals surface area contributed by atoms with Crippen LogP contribution in [-0.4, -0.2) is 45.8 Å². The van der Waals surface area contributed by atoms with Crippen LogP contribution in [0.5, 0.6) is 34.5 Å². The first-order chi connectivity index (χ1) is 17.9. The third-order valence-electron chi connectivity index (χ3n) is 5.56. The van der Waals surface area contributed by atoms with Crippen LogP contribution in [0.15, 0.2) is 54.7 Å². The molecule has 0 aromatic heterocycles. The second-order valence-corrected chi connectivity index (χ2v) is 7.71. The molecule has 0 spiro atoms. The molecule has 0 amide bonds. The number of anilines is 1. The fourth-order valence-corrected chi connectivity index (χ4v) is 3.63. The van der Waals surface area contributed by atoms with E-state index in [0.717, 1.165) is 5.56 Å². The van der Waals surface area contributed by atoms with Gasteiger partial charge in [0.1, 0.15) is 0 Å². The van der Waals surface area contributed by atoms with Gasteiger partial charge < -0.3 is 39.2 Å². The Morgan fingerprint density at radius 1 is 0.784 bits per heavy atom. The number of nitrogens with one attached hydrogen (secondary N) is 1. The summed E-state index contributed by atoms with van der Waals surface area (Å²) in [5.41, 5.74) is 2.08. The number of halogens is 1. The number of methoxy groups -OCH3 is 5. The fraction of sp³-hybridized carbons (Fsp3) is 0.214. The molecule has 3 rings (SSSR count). The number of phenols is 1. The highest BCUT2D eigenvalue weighted by molar-refractivity contribution is 5.82. The molecule has 196 valence electrons. The van der Waals surface area contributed by atoms with E-state index in [1.807, 2.05) is 6.08 Å². The minimum Gasteiger partial charge on any atom is -0.503 e.